The zero-order valence-corrected chi connectivity index (χ0v) is 52.5. The van der Waals surface area contributed by atoms with Gasteiger partial charge in [0.1, 0.15) is 13.9 Å². The molecule has 0 amide bonds. The molecule has 422 valence electrons. The molecule has 0 N–H and O–H groups in total. The summed E-state index contributed by atoms with van der Waals surface area (Å²) in [7, 11) is -2.97. The maximum absolute atomic E-state index is 9.42. The van der Waals surface area contributed by atoms with Gasteiger partial charge in [0.2, 0.25) is 0 Å². The summed E-state index contributed by atoms with van der Waals surface area (Å²) >= 11 is 0. The summed E-state index contributed by atoms with van der Waals surface area (Å²) in [6.45, 7) is 22.0. The zero-order valence-electron chi connectivity index (χ0n) is 54.2. The molecule has 0 radical (unpaired) electrons. The van der Waals surface area contributed by atoms with Gasteiger partial charge in [-0.3, -0.25) is 0 Å². The van der Waals surface area contributed by atoms with E-state index in [9.17, 15) is 2.74 Å². The Bertz CT molecular complexity index is 4660. The van der Waals surface area contributed by atoms with Crippen LogP contribution in [0.1, 0.15) is 85.9 Å². The molecule has 0 saturated heterocycles. The second-order valence-electron chi connectivity index (χ2n) is 25.4. The normalized spacial score (nSPS) is 15.8. The van der Waals surface area contributed by atoms with E-state index in [0.717, 1.165) is 56.4 Å². The number of benzene rings is 10. The average molecular weight is 1300 g/mol. The summed E-state index contributed by atoms with van der Waals surface area (Å²) in [6.07, 6.45) is 1.92. The average Bonchev–Trinajstić information content (AvgIpc) is 1.45. The van der Waals surface area contributed by atoms with Crippen molar-refractivity contribution in [2.24, 2.45) is 0 Å². The first-order valence-electron chi connectivity index (χ1n) is 31.4. The van der Waals surface area contributed by atoms with Gasteiger partial charge in [-0.05, 0) is 113 Å². The summed E-state index contributed by atoms with van der Waals surface area (Å²) in [5.74, 6) is 1.80. The number of hydrogen-bond donors (Lipinski definition) is 0. The molecule has 1 unspecified atom stereocenters. The van der Waals surface area contributed by atoms with Crippen molar-refractivity contribution in [1.82, 2.24) is 4.98 Å². The minimum Gasteiger partial charge on any atom is -0.509 e. The quantitative estimate of drug-likeness (QED) is 0.106. The van der Waals surface area contributed by atoms with Crippen molar-refractivity contribution < 1.29 is 32.7 Å². The molecule has 0 aliphatic carbocycles. The smallest absolute Gasteiger partial charge is 0.135 e. The molecule has 0 bridgehead atoms. The SMILES string of the molecule is [2H]c1c([2H])c([2H])c(-c2cccc(-c3cc(-c4cccc(C(C)(C)C)c4)cc(C(C)(C)C)c3)c2N2[CH-]N(c3[c-]c(Oc4[c-]c5c(cc4)[Si]4(c6ccccc6)c6ccccc6-c6cccc(c64)N5c4cc(C(C)(C)C)ccn4)ccc3)c3ccccc32)c([2H])c1[2H].[Pt]. The fourth-order valence-electron chi connectivity index (χ4n) is 12.7. The maximum atomic E-state index is 9.42. The Morgan fingerprint density at radius 2 is 1.07 bits per heavy atom. The first-order chi connectivity index (χ1) is 42.6. The van der Waals surface area contributed by atoms with Crippen LogP contribution >= 0.6 is 0 Å². The monoisotopic (exact) mass is 1300 g/mol. The van der Waals surface area contributed by atoms with Crippen molar-refractivity contribution in [2.45, 2.75) is 78.6 Å². The van der Waals surface area contributed by atoms with Crippen molar-refractivity contribution in [2.75, 3.05) is 14.7 Å². The van der Waals surface area contributed by atoms with Crippen LogP contribution in [0.3, 0.4) is 0 Å². The standard InChI is InChI=1S/C78H67N4OSi.Pt/c1-76(2,3)56-27-20-26-53(45-56)54-44-55(47-58(46-54)78(7,8)9)64-34-22-33-63(52-24-12-10-13-25-52)74(64)81-51-80(67-36-17-18-37-68(67)81)59-28-21-29-60(49-59)83-61-40-41-72-70(50-61)82(73-48-57(42-43-79-73)77(4,5)6)69-38-23-35-66-65-32-16-19-39-71(65)84(72,75(66)69)62-30-14-11-15-31-62;/h10-48,51H,1-9H3;/q-3;/i10D,12D,13D,24D,25D;. The van der Waals surface area contributed by atoms with Crippen LogP contribution < -0.4 is 40.2 Å². The van der Waals surface area contributed by atoms with Gasteiger partial charge in [0, 0.05) is 72.6 Å². The predicted molar refractivity (Wildman–Crippen MR) is 353 cm³/mol. The number of nitrogens with zero attached hydrogens (tertiary/aromatic N) is 4. The molecular weight excluding hydrogens is 1230 g/mol. The molecule has 0 spiro atoms. The molecule has 14 rings (SSSR count). The Morgan fingerprint density at radius 1 is 0.471 bits per heavy atom. The van der Waals surface area contributed by atoms with Crippen LogP contribution in [0.25, 0.3) is 44.5 Å². The number of aromatic nitrogens is 1. The Balaban J connectivity index is 0.00000743. The number of pyridine rings is 1. The summed E-state index contributed by atoms with van der Waals surface area (Å²) in [5.41, 5.74) is 15.0. The van der Waals surface area contributed by atoms with Gasteiger partial charge in [-0.25, -0.2) is 4.98 Å². The number of anilines is 7. The second kappa shape index (κ2) is 21.2. The minimum absolute atomic E-state index is 0. The van der Waals surface area contributed by atoms with Crippen molar-refractivity contribution in [3.05, 3.63) is 272 Å². The van der Waals surface area contributed by atoms with E-state index in [1.165, 1.54) is 43.0 Å². The number of rotatable bonds is 9. The van der Waals surface area contributed by atoms with Crippen LogP contribution in [0, 0.1) is 18.8 Å². The molecule has 10 aromatic carbocycles. The van der Waals surface area contributed by atoms with E-state index in [4.69, 9.17) is 13.8 Å². The number of fused-ring (bicyclic) bond motifs is 6. The number of ether oxygens (including phenoxy) is 1. The van der Waals surface area contributed by atoms with Crippen molar-refractivity contribution in [3.63, 3.8) is 0 Å². The summed E-state index contributed by atoms with van der Waals surface area (Å²) in [4.78, 5) is 11.6. The molecule has 5 nitrogen and oxygen atoms in total. The number of hydrogen-bond acceptors (Lipinski definition) is 5. The molecule has 1 aromatic heterocycles. The van der Waals surface area contributed by atoms with Gasteiger partial charge < -0.3 is 19.4 Å². The van der Waals surface area contributed by atoms with Gasteiger partial charge in [-0.2, -0.15) is 12.1 Å². The number of para-hydroxylation sites is 3. The van der Waals surface area contributed by atoms with Gasteiger partial charge in [0.05, 0.1) is 6.85 Å². The van der Waals surface area contributed by atoms with Crippen LogP contribution in [0.2, 0.25) is 0 Å². The molecule has 0 saturated carbocycles. The Kier molecular flexibility index (Phi) is 12.4. The molecule has 0 fully saturated rings. The van der Waals surface area contributed by atoms with Crippen LogP contribution in [0.4, 0.5) is 39.9 Å². The van der Waals surface area contributed by atoms with Gasteiger partial charge in [0.25, 0.3) is 0 Å². The molecule has 1 atom stereocenters. The summed E-state index contributed by atoms with van der Waals surface area (Å²) < 4.78 is 52.3. The van der Waals surface area contributed by atoms with E-state index >= 15 is 0 Å². The molecule has 4 heterocycles. The zero-order chi connectivity index (χ0) is 62.1. The summed E-state index contributed by atoms with van der Waals surface area (Å²) in [5, 5.41) is 5.18. The fourth-order valence-corrected chi connectivity index (χ4v) is 18.2. The first kappa shape index (κ1) is 49.8. The van der Waals surface area contributed by atoms with Crippen molar-refractivity contribution >= 4 is 68.8 Å². The van der Waals surface area contributed by atoms with E-state index in [0.29, 0.717) is 28.4 Å². The Morgan fingerprint density at radius 3 is 1.84 bits per heavy atom. The van der Waals surface area contributed by atoms with E-state index in [-0.39, 0.29) is 55.0 Å². The molecule has 3 aliphatic heterocycles. The summed E-state index contributed by atoms with van der Waals surface area (Å²) in [6, 6.07) is 76.4. The fraction of sp³-hybridized carbons (Fsp3) is 0.154. The van der Waals surface area contributed by atoms with Crippen molar-refractivity contribution in [1.29, 1.82) is 0 Å². The van der Waals surface area contributed by atoms with E-state index in [1.54, 1.807) is 0 Å². The molecule has 11 aromatic rings. The van der Waals surface area contributed by atoms with Crippen LogP contribution in [0.5, 0.6) is 11.5 Å². The molecule has 7 heteroatoms. The van der Waals surface area contributed by atoms with Crippen molar-refractivity contribution in [3.8, 4) is 56.0 Å². The predicted octanol–water partition coefficient (Wildman–Crippen LogP) is 17.9. The molecule has 3 aliphatic rings. The largest absolute Gasteiger partial charge is 0.509 e. The topological polar surface area (TPSA) is 31.8 Å². The maximum Gasteiger partial charge on any atom is 0.135 e. The second-order valence-corrected chi connectivity index (χ2v) is 29.0. The Labute approximate surface area is 524 Å². The van der Waals surface area contributed by atoms with Gasteiger partial charge in [-0.15, -0.1) is 47.9 Å². The van der Waals surface area contributed by atoms with Crippen LogP contribution in [0.15, 0.2) is 237 Å². The Hall–Kier alpha value is -8.54. The van der Waals surface area contributed by atoms with E-state index in [2.05, 4.69) is 247 Å². The van der Waals surface area contributed by atoms with Gasteiger partial charge in [-0.1, -0.05) is 237 Å². The molecule has 85 heavy (non-hydrogen) atoms. The minimum atomic E-state index is -2.97. The van der Waals surface area contributed by atoms with Gasteiger partial charge in [0.15, 0.2) is 0 Å². The third-order valence-electron chi connectivity index (χ3n) is 16.9. The third-order valence-corrected chi connectivity index (χ3v) is 21.9. The molecular formula is C78H67N4OPtSi-3. The van der Waals surface area contributed by atoms with E-state index < -0.39 is 26.2 Å². The van der Waals surface area contributed by atoms with Crippen LogP contribution in [-0.2, 0) is 37.3 Å². The third kappa shape index (κ3) is 9.55. The first-order valence-corrected chi connectivity index (χ1v) is 30.9. The van der Waals surface area contributed by atoms with E-state index in [1.807, 2.05) is 55.3 Å². The van der Waals surface area contributed by atoms with Crippen LogP contribution in [-0.4, -0.2) is 13.1 Å². The van der Waals surface area contributed by atoms with Gasteiger partial charge >= 0.3 is 0 Å².